The smallest absolute Gasteiger partial charge is 0.257 e. The lowest BCUT2D eigenvalue weighted by atomic mass is 10.0. The van der Waals surface area contributed by atoms with E-state index >= 15 is 0 Å². The van der Waals surface area contributed by atoms with Gasteiger partial charge in [-0.05, 0) is 32.3 Å². The van der Waals surface area contributed by atoms with E-state index in [4.69, 9.17) is 0 Å². The van der Waals surface area contributed by atoms with Crippen molar-refractivity contribution in [3.63, 3.8) is 0 Å². The van der Waals surface area contributed by atoms with E-state index in [1.165, 1.54) is 6.42 Å². The molecule has 0 saturated carbocycles. The predicted octanol–water partition coefficient (Wildman–Crippen LogP) is 1.61. The molecular formula is C14H19N5O. The third kappa shape index (κ3) is 2.45. The molecule has 0 aromatic carbocycles. The number of hydrogen-bond acceptors (Lipinski definition) is 3. The number of aromatic nitrogens is 4. The SMILES string of the molecule is Cc1[nH]ncc1C(=O)N1CCCC[C@@H]1Cn1cccn1. The van der Waals surface area contributed by atoms with Gasteiger partial charge in [-0.25, -0.2) is 0 Å². The third-order valence-electron chi connectivity index (χ3n) is 3.91. The van der Waals surface area contributed by atoms with Crippen molar-refractivity contribution in [3.05, 3.63) is 35.9 Å². The Kier molecular flexibility index (Phi) is 3.54. The van der Waals surface area contributed by atoms with Gasteiger partial charge in [0.2, 0.25) is 0 Å². The first kappa shape index (κ1) is 12.9. The summed E-state index contributed by atoms with van der Waals surface area (Å²) < 4.78 is 1.90. The van der Waals surface area contributed by atoms with Crippen molar-refractivity contribution in [2.75, 3.05) is 6.54 Å². The largest absolute Gasteiger partial charge is 0.334 e. The molecule has 1 N–H and O–H groups in total. The molecule has 6 heteroatoms. The van der Waals surface area contributed by atoms with Crippen LogP contribution in [0.25, 0.3) is 0 Å². The second-order valence-corrected chi connectivity index (χ2v) is 5.28. The Morgan fingerprint density at radius 3 is 3.10 bits per heavy atom. The van der Waals surface area contributed by atoms with Crippen LogP contribution in [-0.2, 0) is 6.54 Å². The molecule has 1 fully saturated rings. The molecule has 1 amide bonds. The fraction of sp³-hybridized carbons (Fsp3) is 0.500. The van der Waals surface area contributed by atoms with Crippen molar-refractivity contribution in [1.82, 2.24) is 24.9 Å². The maximum atomic E-state index is 12.7. The number of H-pyrrole nitrogens is 1. The molecule has 1 atom stereocenters. The van der Waals surface area contributed by atoms with Crippen LogP contribution in [0.2, 0.25) is 0 Å². The first-order chi connectivity index (χ1) is 9.75. The number of likely N-dealkylation sites (tertiary alicyclic amines) is 1. The first-order valence-corrected chi connectivity index (χ1v) is 7.04. The fourth-order valence-electron chi connectivity index (χ4n) is 2.80. The molecule has 2 aromatic heterocycles. The molecular weight excluding hydrogens is 254 g/mol. The minimum absolute atomic E-state index is 0.0770. The van der Waals surface area contributed by atoms with Gasteiger partial charge >= 0.3 is 0 Å². The zero-order chi connectivity index (χ0) is 13.9. The number of nitrogens with zero attached hydrogens (tertiary/aromatic N) is 4. The fourth-order valence-corrected chi connectivity index (χ4v) is 2.80. The van der Waals surface area contributed by atoms with E-state index in [-0.39, 0.29) is 11.9 Å². The first-order valence-electron chi connectivity index (χ1n) is 7.04. The van der Waals surface area contributed by atoms with Gasteiger partial charge < -0.3 is 4.90 Å². The van der Waals surface area contributed by atoms with Crippen LogP contribution in [0.3, 0.4) is 0 Å². The quantitative estimate of drug-likeness (QED) is 0.924. The number of aromatic amines is 1. The average molecular weight is 273 g/mol. The maximum Gasteiger partial charge on any atom is 0.257 e. The van der Waals surface area contributed by atoms with Gasteiger partial charge in [-0.1, -0.05) is 0 Å². The molecule has 106 valence electrons. The van der Waals surface area contributed by atoms with Gasteiger partial charge in [0.05, 0.1) is 24.3 Å². The molecule has 0 unspecified atom stereocenters. The summed E-state index contributed by atoms with van der Waals surface area (Å²) >= 11 is 0. The summed E-state index contributed by atoms with van der Waals surface area (Å²) in [6.45, 7) is 3.46. The molecule has 3 rings (SSSR count). The van der Waals surface area contributed by atoms with Crippen LogP contribution in [0.4, 0.5) is 0 Å². The monoisotopic (exact) mass is 273 g/mol. The second kappa shape index (κ2) is 5.48. The molecule has 0 bridgehead atoms. The van der Waals surface area contributed by atoms with Crippen molar-refractivity contribution >= 4 is 5.91 Å². The highest BCUT2D eigenvalue weighted by Gasteiger charge is 2.29. The van der Waals surface area contributed by atoms with Crippen molar-refractivity contribution in [2.45, 2.75) is 38.8 Å². The van der Waals surface area contributed by atoms with Crippen molar-refractivity contribution in [1.29, 1.82) is 0 Å². The maximum absolute atomic E-state index is 12.7. The topological polar surface area (TPSA) is 66.8 Å². The van der Waals surface area contributed by atoms with Crippen molar-refractivity contribution in [3.8, 4) is 0 Å². The number of nitrogens with one attached hydrogen (secondary N) is 1. The summed E-state index contributed by atoms with van der Waals surface area (Å²) in [5.41, 5.74) is 1.51. The average Bonchev–Trinajstić information content (AvgIpc) is 3.10. The molecule has 6 nitrogen and oxygen atoms in total. The minimum atomic E-state index is 0.0770. The van der Waals surface area contributed by atoms with E-state index in [9.17, 15) is 4.79 Å². The lowest BCUT2D eigenvalue weighted by Gasteiger charge is -2.35. The number of rotatable bonds is 3. The van der Waals surface area contributed by atoms with Crippen LogP contribution in [0.5, 0.6) is 0 Å². The number of amides is 1. The van der Waals surface area contributed by atoms with E-state index < -0.39 is 0 Å². The molecule has 0 aliphatic carbocycles. The summed E-state index contributed by atoms with van der Waals surface area (Å²) in [7, 11) is 0. The number of carbonyl (C=O) groups excluding carboxylic acids is 1. The van der Waals surface area contributed by atoms with Crippen LogP contribution >= 0.6 is 0 Å². The highest BCUT2D eigenvalue weighted by Crippen LogP contribution is 2.21. The highest BCUT2D eigenvalue weighted by molar-refractivity contribution is 5.95. The van der Waals surface area contributed by atoms with Crippen LogP contribution < -0.4 is 0 Å². The van der Waals surface area contributed by atoms with Gasteiger partial charge in [0.15, 0.2) is 0 Å². The normalized spacial score (nSPS) is 19.2. The van der Waals surface area contributed by atoms with Gasteiger partial charge in [-0.2, -0.15) is 10.2 Å². The Morgan fingerprint density at radius 2 is 2.40 bits per heavy atom. The van der Waals surface area contributed by atoms with Gasteiger partial charge in [-0.3, -0.25) is 14.6 Å². The lowest BCUT2D eigenvalue weighted by molar-refractivity contribution is 0.0583. The van der Waals surface area contributed by atoms with E-state index in [0.29, 0.717) is 5.56 Å². The summed E-state index contributed by atoms with van der Waals surface area (Å²) in [5, 5.41) is 11.0. The van der Waals surface area contributed by atoms with E-state index in [1.54, 1.807) is 12.4 Å². The Labute approximate surface area is 117 Å². The van der Waals surface area contributed by atoms with Gasteiger partial charge in [-0.15, -0.1) is 0 Å². The van der Waals surface area contributed by atoms with E-state index in [2.05, 4.69) is 15.3 Å². The van der Waals surface area contributed by atoms with Crippen molar-refractivity contribution in [2.24, 2.45) is 0 Å². The summed E-state index contributed by atoms with van der Waals surface area (Å²) in [4.78, 5) is 14.6. The Bertz CT molecular complexity index is 574. The van der Waals surface area contributed by atoms with Gasteiger partial charge in [0.1, 0.15) is 0 Å². The molecule has 2 aromatic rings. The van der Waals surface area contributed by atoms with Crippen LogP contribution in [0, 0.1) is 6.92 Å². The number of aryl methyl sites for hydroxylation is 1. The number of piperidine rings is 1. The van der Waals surface area contributed by atoms with Gasteiger partial charge in [0, 0.05) is 24.6 Å². The predicted molar refractivity (Wildman–Crippen MR) is 74.2 cm³/mol. The molecule has 1 saturated heterocycles. The molecule has 3 heterocycles. The summed E-state index contributed by atoms with van der Waals surface area (Å²) in [5.74, 6) is 0.0770. The Balaban J connectivity index is 1.78. The van der Waals surface area contributed by atoms with Crippen LogP contribution in [0.1, 0.15) is 35.3 Å². The van der Waals surface area contributed by atoms with Crippen LogP contribution in [-0.4, -0.2) is 43.4 Å². The Hall–Kier alpha value is -2.11. The second-order valence-electron chi connectivity index (χ2n) is 5.28. The standard InChI is InChI=1S/C14H19N5O/c1-11-13(9-15-17-11)14(20)19-8-3-2-5-12(19)10-18-7-4-6-16-18/h4,6-7,9,12H,2-3,5,8,10H2,1H3,(H,15,17)/t12-/m1/s1. The summed E-state index contributed by atoms with van der Waals surface area (Å²) in [6, 6.07) is 2.13. The number of hydrogen-bond donors (Lipinski definition) is 1. The third-order valence-corrected chi connectivity index (χ3v) is 3.91. The molecule has 0 spiro atoms. The zero-order valence-electron chi connectivity index (χ0n) is 11.6. The molecule has 0 radical (unpaired) electrons. The molecule has 1 aliphatic rings. The lowest BCUT2D eigenvalue weighted by Crippen LogP contribution is -2.46. The zero-order valence-corrected chi connectivity index (χ0v) is 11.6. The van der Waals surface area contributed by atoms with E-state index in [1.807, 2.05) is 28.8 Å². The molecule has 1 aliphatic heterocycles. The minimum Gasteiger partial charge on any atom is -0.334 e. The Morgan fingerprint density at radius 1 is 1.50 bits per heavy atom. The van der Waals surface area contributed by atoms with Crippen LogP contribution in [0.15, 0.2) is 24.7 Å². The summed E-state index contributed by atoms with van der Waals surface area (Å²) in [6.07, 6.45) is 8.60. The van der Waals surface area contributed by atoms with Gasteiger partial charge in [0.25, 0.3) is 5.91 Å². The molecule has 20 heavy (non-hydrogen) atoms. The van der Waals surface area contributed by atoms with E-state index in [0.717, 1.165) is 31.6 Å². The highest BCUT2D eigenvalue weighted by atomic mass is 16.2. The number of carbonyl (C=O) groups is 1. The van der Waals surface area contributed by atoms with Crippen molar-refractivity contribution < 1.29 is 4.79 Å².